The van der Waals surface area contributed by atoms with E-state index in [1.807, 2.05) is 5.16 Å². The van der Waals surface area contributed by atoms with Gasteiger partial charge in [0.15, 0.2) is 15.7 Å². The van der Waals surface area contributed by atoms with Gasteiger partial charge in [0, 0.05) is 6.26 Å². The number of hydrogen-bond acceptors (Lipinski definition) is 4. The van der Waals surface area contributed by atoms with Crippen LogP contribution in [0.25, 0.3) is 0 Å². The molecule has 0 unspecified atom stereocenters. The highest BCUT2D eigenvalue weighted by atomic mass is 32.2. The van der Waals surface area contributed by atoms with Gasteiger partial charge in [-0.15, -0.1) is 0 Å². The van der Waals surface area contributed by atoms with Crippen LogP contribution in [0.2, 0.25) is 0 Å². The zero-order valence-corrected chi connectivity index (χ0v) is 5.92. The molecule has 0 saturated carbocycles. The molecule has 0 N–H and O–H groups in total. The number of aliphatic imine (C=N–C) groups is 1. The molecular formula is C3H5NO2S2. The van der Waals surface area contributed by atoms with Crippen LogP contribution in [0, 0.1) is 0 Å². The molecule has 0 aliphatic rings. The maximum absolute atomic E-state index is 10.2. The molecular weight excluding hydrogens is 146 g/mol. The molecule has 0 atom stereocenters. The lowest BCUT2D eigenvalue weighted by Gasteiger charge is -1.82. The van der Waals surface area contributed by atoms with Gasteiger partial charge in [-0.25, -0.2) is 13.4 Å². The van der Waals surface area contributed by atoms with Crippen LogP contribution in [-0.4, -0.2) is 25.7 Å². The molecule has 8 heavy (non-hydrogen) atoms. The Kier molecular flexibility index (Phi) is 2.82. The smallest absolute Gasteiger partial charge is 0.168 e. The number of thiocarbonyl (C=S) groups is 1. The number of nitrogens with zero attached hydrogens (tertiary/aromatic N) is 1. The first kappa shape index (κ1) is 7.75. The summed E-state index contributed by atoms with van der Waals surface area (Å²) in [5, 5.41) is 1.95. The summed E-state index contributed by atoms with van der Waals surface area (Å²) in [7, 11) is -2.98. The van der Waals surface area contributed by atoms with E-state index in [9.17, 15) is 8.42 Å². The lowest BCUT2D eigenvalue weighted by atomic mass is 11.4. The van der Waals surface area contributed by atoms with E-state index in [-0.39, 0.29) is 5.88 Å². The third kappa shape index (κ3) is 5.75. The second-order valence-corrected chi connectivity index (χ2v) is 3.60. The molecule has 0 saturated heterocycles. The first-order chi connectivity index (χ1) is 3.56. The highest BCUT2D eigenvalue weighted by Crippen LogP contribution is 1.79. The average molecular weight is 151 g/mol. The van der Waals surface area contributed by atoms with Gasteiger partial charge in [-0.3, -0.25) is 0 Å². The fourth-order valence-electron chi connectivity index (χ4n) is 0.144. The summed E-state index contributed by atoms with van der Waals surface area (Å²) >= 11 is 4.14. The normalized spacial score (nSPS) is 10.1. The summed E-state index contributed by atoms with van der Waals surface area (Å²) in [4.78, 5) is 3.22. The largest absolute Gasteiger partial charge is 0.227 e. The van der Waals surface area contributed by atoms with Gasteiger partial charge < -0.3 is 0 Å². The standard InChI is InChI=1S/C3H5NO2S2/c1-8(5,6)3-4-2-7/h3H2,1H3. The Hall–Kier alpha value is -0.250. The fraction of sp³-hybridized carbons (Fsp3) is 0.667. The molecule has 0 amide bonds. The van der Waals surface area contributed by atoms with Crippen LogP contribution in [-0.2, 0) is 9.84 Å². The SMILES string of the molecule is CS(=O)(=O)CN=C=S. The molecule has 0 aliphatic carbocycles. The number of hydrogen-bond donors (Lipinski definition) is 0. The van der Waals surface area contributed by atoms with E-state index in [1.165, 1.54) is 0 Å². The minimum absolute atomic E-state index is 0.253. The number of rotatable bonds is 2. The second-order valence-electron chi connectivity index (χ2n) is 1.30. The van der Waals surface area contributed by atoms with Gasteiger partial charge in [0.25, 0.3) is 0 Å². The van der Waals surface area contributed by atoms with E-state index < -0.39 is 9.84 Å². The van der Waals surface area contributed by atoms with Crippen molar-refractivity contribution < 1.29 is 8.42 Å². The summed E-state index contributed by atoms with van der Waals surface area (Å²) in [6.07, 6.45) is 1.09. The highest BCUT2D eigenvalue weighted by molar-refractivity contribution is 7.90. The predicted octanol–water partition coefficient (Wildman–Crippen LogP) is 0.0913. The highest BCUT2D eigenvalue weighted by Gasteiger charge is 1.95. The maximum atomic E-state index is 10.2. The first-order valence-electron chi connectivity index (χ1n) is 1.77. The molecule has 0 radical (unpaired) electrons. The van der Waals surface area contributed by atoms with Crippen LogP contribution >= 0.6 is 12.2 Å². The molecule has 5 heteroatoms. The van der Waals surface area contributed by atoms with Crippen molar-refractivity contribution in [3.8, 4) is 0 Å². The molecule has 0 heterocycles. The molecule has 0 aromatic heterocycles. The lowest BCUT2D eigenvalue weighted by Crippen LogP contribution is -1.98. The quantitative estimate of drug-likeness (QED) is 0.415. The van der Waals surface area contributed by atoms with E-state index in [0.717, 1.165) is 6.26 Å². The van der Waals surface area contributed by atoms with Crippen LogP contribution < -0.4 is 0 Å². The first-order valence-corrected chi connectivity index (χ1v) is 4.24. The zero-order valence-electron chi connectivity index (χ0n) is 4.29. The van der Waals surface area contributed by atoms with Crippen molar-refractivity contribution in [2.24, 2.45) is 4.99 Å². The summed E-state index contributed by atoms with van der Waals surface area (Å²) in [5.74, 6) is -0.253. The molecule has 0 aromatic rings. The molecule has 0 rings (SSSR count). The van der Waals surface area contributed by atoms with Crippen molar-refractivity contribution in [2.45, 2.75) is 0 Å². The van der Waals surface area contributed by atoms with E-state index in [1.54, 1.807) is 0 Å². The van der Waals surface area contributed by atoms with Crippen LogP contribution in [0.1, 0.15) is 0 Å². The Morgan fingerprint density at radius 2 is 2.25 bits per heavy atom. The Morgan fingerprint density at radius 1 is 1.75 bits per heavy atom. The van der Waals surface area contributed by atoms with Crippen LogP contribution in [0.5, 0.6) is 0 Å². The summed E-state index contributed by atoms with van der Waals surface area (Å²) < 4.78 is 20.4. The monoisotopic (exact) mass is 151 g/mol. The number of sulfone groups is 1. The Labute approximate surface area is 53.3 Å². The summed E-state index contributed by atoms with van der Waals surface area (Å²) in [5.41, 5.74) is 0. The van der Waals surface area contributed by atoms with Crippen molar-refractivity contribution >= 4 is 27.2 Å². The van der Waals surface area contributed by atoms with Crippen LogP contribution in [0.3, 0.4) is 0 Å². The van der Waals surface area contributed by atoms with Gasteiger partial charge in [0.2, 0.25) is 0 Å². The molecule has 0 aromatic carbocycles. The van der Waals surface area contributed by atoms with E-state index in [2.05, 4.69) is 17.2 Å². The van der Waals surface area contributed by atoms with Crippen LogP contribution in [0.15, 0.2) is 4.99 Å². The van der Waals surface area contributed by atoms with Gasteiger partial charge in [0.05, 0.1) is 5.16 Å². The van der Waals surface area contributed by atoms with Gasteiger partial charge in [0.1, 0.15) is 0 Å². The minimum atomic E-state index is -2.98. The van der Waals surface area contributed by atoms with E-state index in [4.69, 9.17) is 0 Å². The van der Waals surface area contributed by atoms with Crippen molar-refractivity contribution in [3.63, 3.8) is 0 Å². The third-order valence-corrected chi connectivity index (χ3v) is 1.09. The topological polar surface area (TPSA) is 46.5 Å². The Morgan fingerprint density at radius 3 is 2.38 bits per heavy atom. The lowest BCUT2D eigenvalue weighted by molar-refractivity contribution is 0.602. The van der Waals surface area contributed by atoms with E-state index in [0.29, 0.717) is 0 Å². The van der Waals surface area contributed by atoms with Crippen molar-refractivity contribution in [3.05, 3.63) is 0 Å². The number of isothiocyanates is 1. The average Bonchev–Trinajstić information content (AvgIpc) is 1.59. The van der Waals surface area contributed by atoms with Gasteiger partial charge in [-0.05, 0) is 12.2 Å². The van der Waals surface area contributed by atoms with Gasteiger partial charge in [-0.2, -0.15) is 0 Å². The molecule has 0 aliphatic heterocycles. The Bertz CT molecular complexity index is 199. The molecule has 0 spiro atoms. The fourth-order valence-corrected chi connectivity index (χ4v) is 0.589. The van der Waals surface area contributed by atoms with Crippen molar-refractivity contribution in [1.82, 2.24) is 0 Å². The van der Waals surface area contributed by atoms with Crippen molar-refractivity contribution in [2.75, 3.05) is 12.1 Å². The Balaban J connectivity index is 3.94. The third-order valence-electron chi connectivity index (χ3n) is 0.364. The summed E-state index contributed by atoms with van der Waals surface area (Å²) in [6, 6.07) is 0. The molecule has 0 bridgehead atoms. The van der Waals surface area contributed by atoms with Gasteiger partial charge in [-0.1, -0.05) is 0 Å². The van der Waals surface area contributed by atoms with E-state index >= 15 is 0 Å². The molecule has 3 nitrogen and oxygen atoms in total. The van der Waals surface area contributed by atoms with Gasteiger partial charge >= 0.3 is 0 Å². The van der Waals surface area contributed by atoms with Crippen molar-refractivity contribution in [1.29, 1.82) is 0 Å². The zero-order chi connectivity index (χ0) is 6.62. The second kappa shape index (κ2) is 2.91. The minimum Gasteiger partial charge on any atom is -0.227 e. The molecule has 0 fully saturated rings. The summed E-state index contributed by atoms with van der Waals surface area (Å²) in [6.45, 7) is 0. The van der Waals surface area contributed by atoms with Crippen LogP contribution in [0.4, 0.5) is 0 Å². The predicted molar refractivity (Wildman–Crippen MR) is 34.7 cm³/mol. The molecule has 46 valence electrons. The maximum Gasteiger partial charge on any atom is 0.168 e.